The van der Waals surface area contributed by atoms with Crippen LogP contribution in [0.3, 0.4) is 0 Å². The summed E-state index contributed by atoms with van der Waals surface area (Å²) in [6.07, 6.45) is -0.0426. The van der Waals surface area contributed by atoms with Crippen molar-refractivity contribution in [3.05, 3.63) is 36.0 Å². The molecule has 0 aliphatic carbocycles. The lowest BCUT2D eigenvalue weighted by molar-refractivity contribution is -0.144. The minimum absolute atomic E-state index is 0.138. The van der Waals surface area contributed by atoms with Gasteiger partial charge in [-0.05, 0) is 30.9 Å². The highest BCUT2D eigenvalue weighted by Crippen LogP contribution is 2.22. The number of carboxylic acid groups (broad SMARTS) is 2. The first-order valence-electron chi connectivity index (χ1n) is 14.7. The van der Waals surface area contributed by atoms with Gasteiger partial charge in [-0.3, -0.25) is 33.6 Å². The van der Waals surface area contributed by atoms with Crippen molar-refractivity contribution in [2.45, 2.75) is 75.2 Å². The van der Waals surface area contributed by atoms with Crippen LogP contribution < -0.4 is 33.2 Å². The van der Waals surface area contributed by atoms with Gasteiger partial charge in [-0.1, -0.05) is 18.2 Å². The summed E-state index contributed by atoms with van der Waals surface area (Å²) in [5.74, 6) is -8.20. The predicted molar refractivity (Wildman–Crippen MR) is 163 cm³/mol. The van der Waals surface area contributed by atoms with Gasteiger partial charge in [-0.25, -0.2) is 4.79 Å². The normalized spacial score (nSPS) is 16.8. The van der Waals surface area contributed by atoms with E-state index in [0.29, 0.717) is 17.4 Å². The zero-order valence-corrected chi connectivity index (χ0v) is 25.3. The summed E-state index contributed by atoms with van der Waals surface area (Å²) in [7, 11) is 0. The Balaban J connectivity index is 1.87. The quantitative estimate of drug-likeness (QED) is 0.0835. The average Bonchev–Trinajstić information content (AvgIpc) is 3.65. The number of aliphatic carboxylic acids is 2. The van der Waals surface area contributed by atoms with Crippen LogP contribution in [0.1, 0.15) is 44.1 Å². The summed E-state index contributed by atoms with van der Waals surface area (Å²) in [6, 6.07) is -0.0408. The molecule has 1 aliphatic heterocycles. The molecule has 0 saturated carbocycles. The Bertz CT molecular complexity index is 1540. The molecule has 18 nitrogen and oxygen atoms in total. The lowest BCUT2D eigenvalue weighted by atomic mass is 10.0. The van der Waals surface area contributed by atoms with Gasteiger partial charge in [0.25, 0.3) is 0 Å². The average molecular weight is 659 g/mol. The van der Waals surface area contributed by atoms with Crippen LogP contribution in [0.2, 0.25) is 0 Å². The Kier molecular flexibility index (Phi) is 12.4. The fraction of sp³-hybridized carbons (Fsp3) is 0.448. The van der Waals surface area contributed by atoms with Gasteiger partial charge < -0.3 is 53.2 Å². The molecule has 2 aromatic rings. The maximum Gasteiger partial charge on any atom is 0.326 e. The summed E-state index contributed by atoms with van der Waals surface area (Å²) in [4.78, 5) is 103. The predicted octanol–water partition coefficient (Wildman–Crippen LogP) is -2.82. The second-order valence-electron chi connectivity index (χ2n) is 11.2. The molecule has 1 aromatic carbocycles. The molecule has 18 heteroatoms. The molecule has 0 unspecified atom stereocenters. The Morgan fingerprint density at radius 2 is 1.55 bits per heavy atom. The summed E-state index contributed by atoms with van der Waals surface area (Å²) < 4.78 is 0. The molecule has 254 valence electrons. The largest absolute Gasteiger partial charge is 0.481 e. The molecule has 2 heterocycles. The van der Waals surface area contributed by atoms with Crippen LogP contribution in [0.15, 0.2) is 30.5 Å². The van der Waals surface area contributed by atoms with Crippen molar-refractivity contribution in [2.24, 2.45) is 17.2 Å². The third-order valence-corrected chi connectivity index (χ3v) is 7.61. The fourth-order valence-corrected chi connectivity index (χ4v) is 5.29. The SMILES string of the molecule is NC(=O)CC[C@H](NC(=O)[C@H](CC(=O)O)NC(=O)[C@H](Cc1c[nH]c2ccccc12)NC(=O)[C@@H]1CCCN1C(=O)[C@@H](N)CC(N)=O)C(=O)O. The minimum Gasteiger partial charge on any atom is -0.481 e. The maximum absolute atomic E-state index is 13.7. The number of H-pyrrole nitrogens is 1. The van der Waals surface area contributed by atoms with E-state index >= 15 is 0 Å². The van der Waals surface area contributed by atoms with Gasteiger partial charge >= 0.3 is 11.9 Å². The molecule has 12 N–H and O–H groups in total. The number of aromatic nitrogens is 1. The number of hydrogen-bond acceptors (Lipinski definition) is 9. The molecule has 0 bridgehead atoms. The van der Waals surface area contributed by atoms with E-state index in [1.165, 1.54) is 4.90 Å². The van der Waals surface area contributed by atoms with Gasteiger partial charge in [0, 0.05) is 36.5 Å². The van der Waals surface area contributed by atoms with Gasteiger partial charge in [0.2, 0.25) is 35.4 Å². The number of benzene rings is 1. The van der Waals surface area contributed by atoms with Crippen molar-refractivity contribution >= 4 is 58.3 Å². The van der Waals surface area contributed by atoms with Crippen molar-refractivity contribution in [1.29, 1.82) is 0 Å². The highest BCUT2D eigenvalue weighted by molar-refractivity contribution is 5.97. The zero-order chi connectivity index (χ0) is 34.8. The van der Waals surface area contributed by atoms with E-state index in [1.807, 2.05) is 0 Å². The number of carboxylic acids is 2. The zero-order valence-electron chi connectivity index (χ0n) is 25.3. The van der Waals surface area contributed by atoms with Crippen molar-refractivity contribution < 1.29 is 48.6 Å². The number of para-hydroxylation sites is 1. The van der Waals surface area contributed by atoms with Crippen LogP contribution in [0.4, 0.5) is 0 Å². The number of hydrogen-bond donors (Lipinski definition) is 9. The molecule has 47 heavy (non-hydrogen) atoms. The van der Waals surface area contributed by atoms with Gasteiger partial charge in [-0.2, -0.15) is 0 Å². The molecule has 6 amide bonds. The summed E-state index contributed by atoms with van der Waals surface area (Å²) in [6.45, 7) is 0.157. The van der Waals surface area contributed by atoms with Crippen molar-refractivity contribution in [1.82, 2.24) is 25.8 Å². The molecule has 1 fully saturated rings. The van der Waals surface area contributed by atoms with Crippen molar-refractivity contribution in [3.8, 4) is 0 Å². The van der Waals surface area contributed by atoms with Gasteiger partial charge in [0.15, 0.2) is 0 Å². The molecule has 1 aliphatic rings. The molecule has 0 spiro atoms. The molecule has 5 atom stereocenters. The first-order chi connectivity index (χ1) is 22.2. The van der Waals surface area contributed by atoms with Crippen molar-refractivity contribution in [2.75, 3.05) is 6.54 Å². The Morgan fingerprint density at radius 1 is 0.894 bits per heavy atom. The van der Waals surface area contributed by atoms with Gasteiger partial charge in [0.05, 0.1) is 18.9 Å². The van der Waals surface area contributed by atoms with Crippen LogP contribution in [-0.4, -0.2) is 104 Å². The molecule has 0 radical (unpaired) electrons. The number of likely N-dealkylation sites (tertiary alicyclic amines) is 1. The topological polar surface area (TPSA) is 310 Å². The van der Waals surface area contributed by atoms with E-state index in [2.05, 4.69) is 20.9 Å². The van der Waals surface area contributed by atoms with Crippen LogP contribution in [-0.2, 0) is 44.8 Å². The number of nitrogens with two attached hydrogens (primary N) is 3. The molecule has 1 aromatic heterocycles. The third-order valence-electron chi connectivity index (χ3n) is 7.61. The number of amides is 6. The first kappa shape index (κ1) is 36.0. The highest BCUT2D eigenvalue weighted by atomic mass is 16.4. The molecular formula is C29H38N8O10. The lowest BCUT2D eigenvalue weighted by Gasteiger charge is -2.28. The standard InChI is InChI=1S/C29H38N8O10/c30-16(11-23(32)39)28(45)37-9-3-6-21(37)27(44)36-19(10-14-13-33-17-5-2-1-4-15(14)17)25(42)35-20(12-24(40)41)26(43)34-18(29(46)47)7-8-22(31)38/h1-2,4-5,13,16,18-21,33H,3,6-12,30H2,(H2,31,38)(H2,32,39)(H,34,43)(H,35,42)(H,36,44)(H,40,41)(H,46,47)/t16-,18-,19-,20-,21-/m0/s1. The van der Waals surface area contributed by atoms with E-state index in [9.17, 15) is 48.6 Å². The molecule has 1 saturated heterocycles. The number of primary amides is 2. The van der Waals surface area contributed by atoms with Crippen molar-refractivity contribution in [3.63, 3.8) is 0 Å². The number of aromatic amines is 1. The monoisotopic (exact) mass is 658 g/mol. The highest BCUT2D eigenvalue weighted by Gasteiger charge is 2.39. The second-order valence-corrected chi connectivity index (χ2v) is 11.2. The number of rotatable bonds is 17. The fourth-order valence-electron chi connectivity index (χ4n) is 5.29. The van der Waals surface area contributed by atoms with Crippen LogP contribution in [0.25, 0.3) is 10.9 Å². The number of carbonyl (C=O) groups is 8. The Morgan fingerprint density at radius 3 is 2.19 bits per heavy atom. The third kappa shape index (κ3) is 9.98. The summed E-state index contributed by atoms with van der Waals surface area (Å²) in [5.41, 5.74) is 17.4. The van der Waals surface area contributed by atoms with E-state index in [1.54, 1.807) is 30.5 Å². The van der Waals surface area contributed by atoms with E-state index in [0.717, 1.165) is 5.52 Å². The molecule has 3 rings (SSSR count). The molecular weight excluding hydrogens is 620 g/mol. The Hall–Kier alpha value is -5.52. The van der Waals surface area contributed by atoms with Gasteiger partial charge in [-0.15, -0.1) is 0 Å². The van der Waals surface area contributed by atoms with Crippen LogP contribution in [0, 0.1) is 0 Å². The summed E-state index contributed by atoms with van der Waals surface area (Å²) >= 11 is 0. The van der Waals surface area contributed by atoms with Gasteiger partial charge in [0.1, 0.15) is 24.2 Å². The van der Waals surface area contributed by atoms with E-state index in [4.69, 9.17) is 17.2 Å². The number of nitrogens with one attached hydrogen (secondary N) is 4. The number of carbonyl (C=O) groups excluding carboxylic acids is 6. The van der Waals surface area contributed by atoms with E-state index < -0.39 is 90.4 Å². The first-order valence-corrected chi connectivity index (χ1v) is 14.7. The second kappa shape index (κ2) is 16.2. The number of nitrogens with zero attached hydrogens (tertiary/aromatic N) is 1. The number of fused-ring (bicyclic) bond motifs is 1. The minimum atomic E-state index is -1.78. The maximum atomic E-state index is 13.7. The summed E-state index contributed by atoms with van der Waals surface area (Å²) in [5, 5.41) is 26.6. The smallest absolute Gasteiger partial charge is 0.326 e. The van der Waals surface area contributed by atoms with Crippen LogP contribution in [0.5, 0.6) is 0 Å². The van der Waals surface area contributed by atoms with Crippen LogP contribution >= 0.6 is 0 Å². The lowest BCUT2D eigenvalue weighted by Crippen LogP contribution is -2.59. The Labute approximate surface area is 267 Å². The van der Waals surface area contributed by atoms with E-state index in [-0.39, 0.29) is 32.2 Å².